The predicted octanol–water partition coefficient (Wildman–Crippen LogP) is 0.974. The molecule has 0 rings (SSSR count). The molecule has 2 N–H and O–H groups in total. The highest BCUT2D eigenvalue weighted by molar-refractivity contribution is 7.89. The molecule has 0 bridgehead atoms. The summed E-state index contributed by atoms with van der Waals surface area (Å²) in [5.74, 6) is -1.15. The zero-order valence-electron chi connectivity index (χ0n) is 11.2. The van der Waals surface area contributed by atoms with Crippen LogP contribution in [-0.2, 0) is 19.6 Å². The molecule has 0 fully saturated rings. The van der Waals surface area contributed by atoms with E-state index >= 15 is 0 Å². The molecule has 1 unspecified atom stereocenters. The van der Waals surface area contributed by atoms with Crippen LogP contribution in [0.25, 0.3) is 0 Å². The molecule has 0 aromatic heterocycles. The number of rotatable bonds is 10. The number of sulfonamides is 1. The van der Waals surface area contributed by atoms with Gasteiger partial charge >= 0.3 is 5.97 Å². The Hall–Kier alpha value is -0.660. The molecule has 0 spiro atoms. The van der Waals surface area contributed by atoms with Gasteiger partial charge in [0, 0.05) is 6.04 Å². The van der Waals surface area contributed by atoms with E-state index in [4.69, 9.17) is 9.84 Å². The number of carbonyl (C=O) groups is 1. The summed E-state index contributed by atoms with van der Waals surface area (Å²) in [7, 11) is -3.48. The van der Waals surface area contributed by atoms with Crippen molar-refractivity contribution in [1.29, 1.82) is 0 Å². The van der Waals surface area contributed by atoms with Crippen molar-refractivity contribution in [3.05, 3.63) is 0 Å². The van der Waals surface area contributed by atoms with Crippen molar-refractivity contribution in [2.75, 3.05) is 12.4 Å². The largest absolute Gasteiger partial charge is 0.481 e. The van der Waals surface area contributed by atoms with Crippen molar-refractivity contribution in [1.82, 2.24) is 4.72 Å². The topological polar surface area (TPSA) is 92.7 Å². The summed E-state index contributed by atoms with van der Waals surface area (Å²) in [5, 5.41) is 8.70. The van der Waals surface area contributed by atoms with Gasteiger partial charge in [-0.05, 0) is 20.3 Å². The fourth-order valence-electron chi connectivity index (χ4n) is 1.47. The van der Waals surface area contributed by atoms with E-state index in [-0.39, 0.29) is 24.9 Å². The second-order valence-electron chi connectivity index (χ2n) is 4.44. The summed E-state index contributed by atoms with van der Waals surface area (Å²) < 4.78 is 31.0. The van der Waals surface area contributed by atoms with Gasteiger partial charge in [0.05, 0.1) is 24.9 Å². The molecule has 1 atom stereocenters. The third-order valence-corrected chi connectivity index (χ3v) is 3.60. The van der Waals surface area contributed by atoms with Gasteiger partial charge in [-0.25, -0.2) is 13.1 Å². The minimum Gasteiger partial charge on any atom is -0.481 e. The lowest BCUT2D eigenvalue weighted by atomic mass is 10.1. The fraction of sp³-hybridized carbons (Fsp3) is 0.909. The smallest absolute Gasteiger partial charge is 0.304 e. The maximum Gasteiger partial charge on any atom is 0.304 e. The Bertz CT molecular complexity index is 339. The first kappa shape index (κ1) is 17.3. The van der Waals surface area contributed by atoms with Crippen LogP contribution in [0.2, 0.25) is 0 Å². The Labute approximate surface area is 109 Å². The number of carboxylic acid groups (broad SMARTS) is 1. The third-order valence-electron chi connectivity index (χ3n) is 2.21. The van der Waals surface area contributed by atoms with E-state index in [1.807, 2.05) is 20.8 Å². The average Bonchev–Trinajstić information content (AvgIpc) is 2.14. The normalized spacial score (nSPS) is 13.8. The van der Waals surface area contributed by atoms with E-state index in [9.17, 15) is 13.2 Å². The zero-order valence-corrected chi connectivity index (χ0v) is 12.0. The van der Waals surface area contributed by atoms with Crippen molar-refractivity contribution < 1.29 is 23.1 Å². The number of hydrogen-bond acceptors (Lipinski definition) is 4. The Morgan fingerprint density at radius 1 is 1.39 bits per heavy atom. The molecule has 0 amide bonds. The standard InChI is InChI=1S/C11H23NO5S/c1-4-5-10(8-11(13)14)12-18(15,16)7-6-17-9(2)3/h9-10,12H,4-8H2,1-3H3,(H,13,14). The van der Waals surface area contributed by atoms with Crippen molar-refractivity contribution in [3.63, 3.8) is 0 Å². The monoisotopic (exact) mass is 281 g/mol. The van der Waals surface area contributed by atoms with Crippen molar-refractivity contribution in [3.8, 4) is 0 Å². The van der Waals surface area contributed by atoms with Gasteiger partial charge in [-0.1, -0.05) is 13.3 Å². The summed E-state index contributed by atoms with van der Waals surface area (Å²) in [6.45, 7) is 5.64. The first-order valence-electron chi connectivity index (χ1n) is 6.10. The highest BCUT2D eigenvalue weighted by Crippen LogP contribution is 2.04. The molecule has 7 heteroatoms. The SMILES string of the molecule is CCCC(CC(=O)O)NS(=O)(=O)CCOC(C)C. The molecule has 0 aromatic carbocycles. The van der Waals surface area contributed by atoms with E-state index < -0.39 is 22.0 Å². The van der Waals surface area contributed by atoms with Gasteiger partial charge in [0.2, 0.25) is 10.0 Å². The molecule has 0 saturated heterocycles. The Balaban J connectivity index is 4.27. The Morgan fingerprint density at radius 2 is 2.00 bits per heavy atom. The van der Waals surface area contributed by atoms with Crippen molar-refractivity contribution in [2.24, 2.45) is 0 Å². The molecule has 0 saturated carbocycles. The van der Waals surface area contributed by atoms with Crippen molar-refractivity contribution in [2.45, 2.75) is 52.2 Å². The maximum absolute atomic E-state index is 11.7. The van der Waals surface area contributed by atoms with Gasteiger partial charge in [-0.2, -0.15) is 0 Å². The summed E-state index contributed by atoms with van der Waals surface area (Å²) >= 11 is 0. The highest BCUT2D eigenvalue weighted by Gasteiger charge is 2.19. The minimum absolute atomic E-state index is 0.0225. The molecular formula is C11H23NO5S. The molecule has 0 heterocycles. The summed E-state index contributed by atoms with van der Waals surface area (Å²) in [6, 6.07) is -0.545. The van der Waals surface area contributed by atoms with E-state index in [0.717, 1.165) is 6.42 Å². The molecule has 0 aliphatic rings. The second kappa shape index (κ2) is 8.44. The molecule has 6 nitrogen and oxygen atoms in total. The molecule has 18 heavy (non-hydrogen) atoms. The molecule has 0 radical (unpaired) electrons. The van der Waals surface area contributed by atoms with Gasteiger partial charge in [0.15, 0.2) is 0 Å². The predicted molar refractivity (Wildman–Crippen MR) is 69.0 cm³/mol. The van der Waals surface area contributed by atoms with E-state index in [0.29, 0.717) is 6.42 Å². The summed E-state index contributed by atoms with van der Waals surface area (Å²) in [6.07, 6.45) is 1.02. The van der Waals surface area contributed by atoms with Crippen LogP contribution in [0.4, 0.5) is 0 Å². The molecule has 0 aliphatic carbocycles. The van der Waals surface area contributed by atoms with Crippen LogP contribution < -0.4 is 4.72 Å². The number of aliphatic carboxylic acids is 1. The minimum atomic E-state index is -3.48. The average molecular weight is 281 g/mol. The lowest BCUT2D eigenvalue weighted by molar-refractivity contribution is -0.137. The third kappa shape index (κ3) is 9.38. The number of nitrogens with one attached hydrogen (secondary N) is 1. The van der Waals surface area contributed by atoms with Gasteiger partial charge in [0.1, 0.15) is 0 Å². The fourth-order valence-corrected chi connectivity index (χ4v) is 2.61. The number of hydrogen-bond donors (Lipinski definition) is 2. The quantitative estimate of drug-likeness (QED) is 0.622. The van der Waals surface area contributed by atoms with Crippen LogP contribution >= 0.6 is 0 Å². The Morgan fingerprint density at radius 3 is 2.44 bits per heavy atom. The van der Waals surface area contributed by atoms with Crippen LogP contribution in [0, 0.1) is 0 Å². The summed E-state index contributed by atoms with van der Waals surface area (Å²) in [5.41, 5.74) is 0. The first-order valence-corrected chi connectivity index (χ1v) is 7.75. The molecule has 108 valence electrons. The van der Waals surface area contributed by atoms with Gasteiger partial charge < -0.3 is 9.84 Å². The van der Waals surface area contributed by atoms with Crippen LogP contribution in [0.5, 0.6) is 0 Å². The molecular weight excluding hydrogens is 258 g/mol. The van der Waals surface area contributed by atoms with Gasteiger partial charge in [-0.3, -0.25) is 4.79 Å². The lowest BCUT2D eigenvalue weighted by Crippen LogP contribution is -2.38. The molecule has 0 aliphatic heterocycles. The van der Waals surface area contributed by atoms with E-state index in [2.05, 4.69) is 4.72 Å². The molecule has 0 aromatic rings. The Kier molecular flexibility index (Phi) is 8.13. The number of ether oxygens (including phenoxy) is 1. The van der Waals surface area contributed by atoms with Gasteiger partial charge in [-0.15, -0.1) is 0 Å². The number of carboxylic acids is 1. The second-order valence-corrected chi connectivity index (χ2v) is 6.31. The highest BCUT2D eigenvalue weighted by atomic mass is 32.2. The lowest BCUT2D eigenvalue weighted by Gasteiger charge is -2.16. The van der Waals surface area contributed by atoms with Gasteiger partial charge in [0.25, 0.3) is 0 Å². The van der Waals surface area contributed by atoms with Crippen LogP contribution in [0.1, 0.15) is 40.0 Å². The zero-order chi connectivity index (χ0) is 14.2. The van der Waals surface area contributed by atoms with Crippen molar-refractivity contribution >= 4 is 16.0 Å². The first-order chi connectivity index (χ1) is 8.26. The van der Waals surface area contributed by atoms with Crippen LogP contribution in [0.3, 0.4) is 0 Å². The van der Waals surface area contributed by atoms with E-state index in [1.54, 1.807) is 0 Å². The van der Waals surface area contributed by atoms with Crippen LogP contribution in [-0.4, -0.2) is 44.0 Å². The maximum atomic E-state index is 11.7. The summed E-state index contributed by atoms with van der Waals surface area (Å²) in [4.78, 5) is 10.6. The van der Waals surface area contributed by atoms with E-state index in [1.165, 1.54) is 0 Å². The van der Waals surface area contributed by atoms with Crippen LogP contribution in [0.15, 0.2) is 0 Å².